The third-order valence-electron chi connectivity index (χ3n) is 0.806. The maximum Gasteiger partial charge on any atom is 0.316 e. The van der Waals surface area contributed by atoms with Gasteiger partial charge in [0, 0.05) is 6.08 Å². The zero-order valence-electron chi connectivity index (χ0n) is 5.48. The third kappa shape index (κ3) is 2.48. The van der Waals surface area contributed by atoms with Crippen LogP contribution >= 0.6 is 0 Å². The average molecular weight is 155 g/mol. The Labute approximate surface area is 61.9 Å². The van der Waals surface area contributed by atoms with Crippen LogP contribution in [0.25, 0.3) is 0 Å². The van der Waals surface area contributed by atoms with Crippen molar-refractivity contribution in [3.05, 3.63) is 39.4 Å². The minimum Gasteiger partial charge on any atom is -0.274 e. The number of hydrogen-bond acceptors (Lipinski definition) is 4. The van der Waals surface area contributed by atoms with Crippen molar-refractivity contribution in [3.8, 4) is 0 Å². The largest absolute Gasteiger partial charge is 0.316 e. The number of nitroso groups, excluding NO2 is 1. The third-order valence-corrected chi connectivity index (χ3v) is 0.806. The van der Waals surface area contributed by atoms with E-state index in [-0.39, 0.29) is 0 Å². The van der Waals surface area contributed by atoms with Crippen molar-refractivity contribution in [2.45, 2.75) is 0 Å². The second kappa shape index (κ2) is 4.04. The first-order chi connectivity index (χ1) is 5.13. The highest BCUT2D eigenvalue weighted by Gasteiger charge is 2.16. The summed E-state index contributed by atoms with van der Waals surface area (Å²) >= 11 is 0. The molecule has 0 aliphatic rings. The molecule has 0 saturated heterocycles. The summed E-state index contributed by atoms with van der Waals surface area (Å²) in [5.41, 5.74) is -0.657. The van der Waals surface area contributed by atoms with Gasteiger partial charge in [0.15, 0.2) is 0 Å². The van der Waals surface area contributed by atoms with Crippen LogP contribution < -0.4 is 0 Å². The van der Waals surface area contributed by atoms with Crippen molar-refractivity contribution in [3.63, 3.8) is 0 Å². The van der Waals surface area contributed by atoms with E-state index in [1.807, 2.05) is 0 Å². The Kier molecular flexibility index (Phi) is 3.36. The Morgan fingerprint density at radius 2 is 2.27 bits per heavy atom. The molecule has 6 nitrogen and oxygen atoms in total. The second-order valence-corrected chi connectivity index (χ2v) is 1.48. The smallest absolute Gasteiger partial charge is 0.274 e. The molecule has 0 aliphatic carbocycles. The molecule has 11 heavy (non-hydrogen) atoms. The fraction of sp³-hybridized carbons (Fsp3) is 0. The van der Waals surface area contributed by atoms with Crippen LogP contribution in [0.4, 0.5) is 0 Å². The van der Waals surface area contributed by atoms with E-state index in [9.17, 15) is 15.0 Å². The summed E-state index contributed by atoms with van der Waals surface area (Å²) in [7, 11) is 0. The predicted octanol–water partition coefficient (Wildman–Crippen LogP) is 1.08. The molecule has 0 unspecified atom stereocenters. The van der Waals surface area contributed by atoms with Gasteiger partial charge in [-0.1, -0.05) is 12.7 Å². The molecule has 0 bridgehead atoms. The second-order valence-electron chi connectivity index (χ2n) is 1.48. The summed E-state index contributed by atoms with van der Waals surface area (Å²) < 4.78 is 0. The molecule has 0 saturated carbocycles. The molecular weight excluding hydrogens is 150 g/mol. The van der Waals surface area contributed by atoms with E-state index in [0.29, 0.717) is 0 Å². The lowest BCUT2D eigenvalue weighted by molar-refractivity contribution is -0.415. The number of nitro groups is 1. The van der Waals surface area contributed by atoms with Crippen LogP contribution in [0.1, 0.15) is 0 Å². The molecule has 0 heterocycles. The van der Waals surface area contributed by atoms with Crippen LogP contribution in [-0.2, 0) is 0 Å². The van der Waals surface area contributed by atoms with Crippen LogP contribution in [0.3, 0.4) is 0 Å². The van der Waals surface area contributed by atoms with Crippen LogP contribution in [0.5, 0.6) is 0 Å². The minimum atomic E-state index is -0.908. The highest BCUT2D eigenvalue weighted by Crippen LogP contribution is 1.98. The SMILES string of the molecule is C=C/C=C(\C(=N)N=O)[N+](=O)[O-]. The lowest BCUT2D eigenvalue weighted by Crippen LogP contribution is -2.07. The number of amidine groups is 1. The molecule has 0 fully saturated rings. The Bertz CT molecular complexity index is 243. The van der Waals surface area contributed by atoms with E-state index in [1.54, 1.807) is 0 Å². The maximum absolute atomic E-state index is 10.0. The van der Waals surface area contributed by atoms with E-state index < -0.39 is 16.5 Å². The predicted molar refractivity (Wildman–Crippen MR) is 38.8 cm³/mol. The number of nitrogens with zero attached hydrogens (tertiary/aromatic N) is 2. The molecule has 0 rings (SSSR count). The molecule has 0 radical (unpaired) electrons. The number of hydrogen-bond donors (Lipinski definition) is 1. The van der Waals surface area contributed by atoms with E-state index in [0.717, 1.165) is 12.2 Å². The molecule has 0 amide bonds. The molecule has 0 aliphatic heterocycles. The van der Waals surface area contributed by atoms with Crippen molar-refractivity contribution in [2.24, 2.45) is 5.18 Å². The summed E-state index contributed by atoms with van der Waals surface area (Å²) in [5, 5.41) is 18.8. The normalized spacial score (nSPS) is 10.4. The van der Waals surface area contributed by atoms with Crippen molar-refractivity contribution < 1.29 is 4.92 Å². The standard InChI is InChI=1S/C5H5N3O3/c1-2-3-4(8(10)11)5(6)7-9/h2-3,6H,1H2/b4-3+,6-5?. The quantitative estimate of drug-likeness (QED) is 0.165. The number of rotatable bonds is 3. The van der Waals surface area contributed by atoms with Gasteiger partial charge >= 0.3 is 5.70 Å². The fourth-order valence-corrected chi connectivity index (χ4v) is 0.385. The maximum atomic E-state index is 10.0. The van der Waals surface area contributed by atoms with Gasteiger partial charge in [0.25, 0.3) is 5.84 Å². The van der Waals surface area contributed by atoms with Crippen LogP contribution in [-0.4, -0.2) is 10.8 Å². The van der Waals surface area contributed by atoms with Gasteiger partial charge in [-0.05, 0) is 5.18 Å². The van der Waals surface area contributed by atoms with Crippen molar-refractivity contribution in [1.29, 1.82) is 5.41 Å². The summed E-state index contributed by atoms with van der Waals surface area (Å²) in [6.07, 6.45) is 2.04. The zero-order valence-corrected chi connectivity index (χ0v) is 5.48. The Hall–Kier alpha value is -1.85. The zero-order chi connectivity index (χ0) is 8.85. The molecule has 58 valence electrons. The van der Waals surface area contributed by atoms with E-state index in [4.69, 9.17) is 5.41 Å². The Morgan fingerprint density at radius 1 is 1.73 bits per heavy atom. The average Bonchev–Trinajstić information content (AvgIpc) is 1.98. The summed E-state index contributed by atoms with van der Waals surface area (Å²) in [6, 6.07) is 0. The molecule has 0 aromatic heterocycles. The lowest BCUT2D eigenvalue weighted by Gasteiger charge is -1.88. The molecule has 0 aromatic rings. The van der Waals surface area contributed by atoms with Gasteiger partial charge in [0.2, 0.25) is 0 Å². The first kappa shape index (κ1) is 9.15. The lowest BCUT2D eigenvalue weighted by atomic mass is 10.4. The molecular formula is C5H5N3O3. The Balaban J connectivity index is 4.74. The van der Waals surface area contributed by atoms with E-state index in [2.05, 4.69) is 11.8 Å². The summed E-state index contributed by atoms with van der Waals surface area (Å²) in [4.78, 5) is 18.8. The molecule has 1 N–H and O–H groups in total. The van der Waals surface area contributed by atoms with Crippen LogP contribution in [0.15, 0.2) is 29.6 Å². The van der Waals surface area contributed by atoms with Crippen LogP contribution in [0, 0.1) is 20.4 Å². The minimum absolute atomic E-state index is 0.657. The van der Waals surface area contributed by atoms with Gasteiger partial charge in [0.1, 0.15) is 0 Å². The van der Waals surface area contributed by atoms with Gasteiger partial charge in [-0.3, -0.25) is 15.5 Å². The van der Waals surface area contributed by atoms with Gasteiger partial charge in [-0.2, -0.15) is 0 Å². The van der Waals surface area contributed by atoms with E-state index in [1.165, 1.54) is 0 Å². The van der Waals surface area contributed by atoms with Crippen molar-refractivity contribution >= 4 is 5.84 Å². The fourth-order valence-electron chi connectivity index (χ4n) is 0.385. The molecule has 0 aromatic carbocycles. The molecule has 0 spiro atoms. The Morgan fingerprint density at radius 3 is 2.55 bits per heavy atom. The van der Waals surface area contributed by atoms with Gasteiger partial charge in [0.05, 0.1) is 4.92 Å². The van der Waals surface area contributed by atoms with Gasteiger partial charge in [-0.25, -0.2) is 0 Å². The summed E-state index contributed by atoms with van der Waals surface area (Å²) in [5.74, 6) is -0.908. The number of allylic oxidation sites excluding steroid dienone is 2. The van der Waals surface area contributed by atoms with Gasteiger partial charge < -0.3 is 0 Å². The van der Waals surface area contributed by atoms with E-state index >= 15 is 0 Å². The van der Waals surface area contributed by atoms with Crippen LogP contribution in [0.2, 0.25) is 0 Å². The summed E-state index contributed by atoms with van der Waals surface area (Å²) in [6.45, 7) is 3.18. The first-order valence-electron chi connectivity index (χ1n) is 2.53. The topological polar surface area (TPSA) is 96.4 Å². The first-order valence-corrected chi connectivity index (χ1v) is 2.53. The monoisotopic (exact) mass is 155 g/mol. The van der Waals surface area contributed by atoms with Crippen molar-refractivity contribution in [1.82, 2.24) is 0 Å². The highest BCUT2D eigenvalue weighted by molar-refractivity contribution is 5.94. The number of nitrogens with one attached hydrogen (secondary N) is 1. The van der Waals surface area contributed by atoms with Gasteiger partial charge in [-0.15, -0.1) is 4.91 Å². The van der Waals surface area contributed by atoms with Crippen molar-refractivity contribution in [2.75, 3.05) is 0 Å². The highest BCUT2D eigenvalue weighted by atomic mass is 16.6. The molecule has 6 heteroatoms. The molecule has 0 atom stereocenters.